The second-order valence-corrected chi connectivity index (χ2v) is 29.7. The molecule has 9 aromatic heterocycles. The van der Waals surface area contributed by atoms with E-state index in [-0.39, 0.29) is 0 Å². The van der Waals surface area contributed by atoms with E-state index in [1.165, 1.54) is 75.8 Å². The summed E-state index contributed by atoms with van der Waals surface area (Å²) in [6.45, 7) is 6.28. The quantitative estimate of drug-likeness (QED) is 0.140. The SMILES string of the molecule is Cc1ccc(-c2nc(-n3c4ccccc4c4ccccc43)nc(-n3c4ccccc4c4ccccc43)n2)cc1.Cc1cccc(-c2nc(-n3c4ccccc4c4ccccc43)cc(-n3c4ccccc4c4ccccc43)n2)c1.Cc1cccc(-c2nc(-n3c4ccccc4c4ccccc43)nc(-n3c4ccccc4c4ccccc43)n2)c1. The highest BCUT2D eigenvalue weighted by Crippen LogP contribution is 2.40. The van der Waals surface area contributed by atoms with Gasteiger partial charge in [0, 0.05) is 87.4 Å². The molecule has 552 valence electrons. The molecule has 0 atom stereocenters. The lowest BCUT2D eigenvalue weighted by molar-refractivity contribution is 0.892. The molecule has 0 saturated carbocycles. The average molecular weight is 1500 g/mol. The summed E-state index contributed by atoms with van der Waals surface area (Å²) in [5.41, 5.74) is 19.4. The van der Waals surface area contributed by atoms with Crippen LogP contribution in [0.3, 0.4) is 0 Å². The van der Waals surface area contributed by atoms with Crippen LogP contribution >= 0.6 is 0 Å². The summed E-state index contributed by atoms with van der Waals surface area (Å²) in [6.07, 6.45) is 0. The van der Waals surface area contributed by atoms with Gasteiger partial charge in [0.05, 0.1) is 66.2 Å². The fourth-order valence-electron chi connectivity index (χ4n) is 17.3. The second kappa shape index (κ2) is 27.8. The van der Waals surface area contributed by atoms with E-state index in [4.69, 9.17) is 39.9 Å². The summed E-state index contributed by atoms with van der Waals surface area (Å²) in [6, 6.07) is 129. The van der Waals surface area contributed by atoms with Crippen molar-refractivity contribution in [2.75, 3.05) is 0 Å². The lowest BCUT2D eigenvalue weighted by Gasteiger charge is -2.14. The molecule has 24 aromatic rings. The topological polar surface area (TPSA) is 133 Å². The Morgan fingerprint density at radius 2 is 0.359 bits per heavy atom. The number of hydrogen-bond acceptors (Lipinski definition) is 8. The maximum Gasteiger partial charge on any atom is 0.240 e. The Kier molecular flexibility index (Phi) is 16.2. The first-order chi connectivity index (χ1) is 57.8. The van der Waals surface area contributed by atoms with Gasteiger partial charge in [-0.1, -0.05) is 296 Å². The molecule has 0 bridgehead atoms. The molecule has 0 radical (unpaired) electrons. The third-order valence-corrected chi connectivity index (χ3v) is 22.5. The minimum atomic E-state index is 0.592. The Hall–Kier alpha value is -15.8. The van der Waals surface area contributed by atoms with E-state index in [9.17, 15) is 0 Å². The van der Waals surface area contributed by atoms with Crippen LogP contribution in [0, 0.1) is 20.8 Å². The Morgan fingerprint density at radius 3 is 0.590 bits per heavy atom. The van der Waals surface area contributed by atoms with Crippen LogP contribution in [0.25, 0.3) is 200 Å². The summed E-state index contributed by atoms with van der Waals surface area (Å²) in [5, 5.41) is 14.2. The van der Waals surface area contributed by atoms with Crippen LogP contribution in [0.1, 0.15) is 16.7 Å². The summed E-state index contributed by atoms with van der Waals surface area (Å²) >= 11 is 0. The van der Waals surface area contributed by atoms with Crippen molar-refractivity contribution in [1.29, 1.82) is 0 Å². The van der Waals surface area contributed by atoms with Gasteiger partial charge in [-0.15, -0.1) is 0 Å². The number of fused-ring (bicyclic) bond motifs is 18. The van der Waals surface area contributed by atoms with Gasteiger partial charge >= 0.3 is 0 Å². The van der Waals surface area contributed by atoms with Crippen LogP contribution < -0.4 is 0 Å². The van der Waals surface area contributed by atoms with Crippen LogP contribution in [0.2, 0.25) is 0 Å². The number of benzene rings is 15. The number of aryl methyl sites for hydroxylation is 3. The van der Waals surface area contributed by atoms with Crippen molar-refractivity contribution in [2.45, 2.75) is 20.8 Å². The number of hydrogen-bond donors (Lipinski definition) is 0. The zero-order valence-corrected chi connectivity index (χ0v) is 64.0. The minimum absolute atomic E-state index is 0.592. The maximum atomic E-state index is 5.20. The molecule has 0 aliphatic rings. The highest BCUT2D eigenvalue weighted by molar-refractivity contribution is 6.14. The van der Waals surface area contributed by atoms with Gasteiger partial charge in [0.1, 0.15) is 11.6 Å². The van der Waals surface area contributed by atoms with E-state index in [1.807, 2.05) is 0 Å². The van der Waals surface area contributed by atoms with Crippen molar-refractivity contribution < 1.29 is 0 Å². The number of para-hydroxylation sites is 12. The van der Waals surface area contributed by atoms with Crippen molar-refractivity contribution in [2.24, 2.45) is 0 Å². The van der Waals surface area contributed by atoms with Gasteiger partial charge in [-0.25, -0.2) is 9.97 Å². The van der Waals surface area contributed by atoms with E-state index in [2.05, 4.69) is 418 Å². The fourth-order valence-corrected chi connectivity index (χ4v) is 17.3. The lowest BCUT2D eigenvalue weighted by atomic mass is 10.1. The Labute approximate surface area is 671 Å². The molecule has 14 nitrogen and oxygen atoms in total. The third-order valence-electron chi connectivity index (χ3n) is 22.5. The molecule has 0 spiro atoms. The molecular formula is C103H70N14. The molecule has 0 N–H and O–H groups in total. The minimum Gasteiger partial charge on any atom is -0.294 e. The first-order valence-corrected chi connectivity index (χ1v) is 39.3. The van der Waals surface area contributed by atoms with Gasteiger partial charge in [-0.2, -0.15) is 29.9 Å². The summed E-state index contributed by atoms with van der Waals surface area (Å²) < 4.78 is 13.2. The molecule has 0 aliphatic heterocycles. The maximum absolute atomic E-state index is 5.20. The van der Waals surface area contributed by atoms with Gasteiger partial charge in [-0.05, 0) is 106 Å². The standard InChI is InChI=1S/C35H24N4.2C34H23N5/c1-23-11-10-12-24(21-23)35-36-33(38-29-17-6-2-13-25(29)26-14-3-7-18-30(26)38)22-34(37-35)39-31-19-8-4-15-27(31)28-16-5-9-20-32(28)39;1-22-11-10-12-23(21-22)32-35-33(38-28-17-6-2-13-24(28)25-14-3-7-18-29(25)38)37-34(36-32)39-30-19-8-4-15-26(30)27-16-5-9-20-31(27)39;1-22-18-20-23(21-19-22)32-35-33(38-28-14-6-2-10-24(28)25-11-3-7-15-29(25)38)37-34(36-32)39-30-16-8-4-12-26(30)27-13-5-9-17-31(27)39/h2-22H,1H3;2*2-21H,1H3. The van der Waals surface area contributed by atoms with Crippen LogP contribution in [0.15, 0.2) is 370 Å². The van der Waals surface area contributed by atoms with Crippen molar-refractivity contribution in [1.82, 2.24) is 67.3 Å². The highest BCUT2D eigenvalue weighted by Gasteiger charge is 2.25. The van der Waals surface area contributed by atoms with Gasteiger partial charge in [0.25, 0.3) is 0 Å². The largest absolute Gasteiger partial charge is 0.294 e. The van der Waals surface area contributed by atoms with Gasteiger partial charge in [-0.3, -0.25) is 27.4 Å². The molecule has 9 heterocycles. The summed E-state index contributed by atoms with van der Waals surface area (Å²) in [4.78, 5) is 41.0. The lowest BCUT2D eigenvalue weighted by Crippen LogP contribution is -2.10. The predicted octanol–water partition coefficient (Wildman–Crippen LogP) is 24.7. The molecule has 15 aromatic carbocycles. The number of nitrogens with zero attached hydrogens (tertiary/aromatic N) is 14. The van der Waals surface area contributed by atoms with Crippen LogP contribution in [0.4, 0.5) is 0 Å². The van der Waals surface area contributed by atoms with Crippen LogP contribution in [0.5, 0.6) is 0 Å². The first-order valence-electron chi connectivity index (χ1n) is 39.3. The van der Waals surface area contributed by atoms with Crippen molar-refractivity contribution in [3.05, 3.63) is 387 Å². The zero-order valence-electron chi connectivity index (χ0n) is 64.0. The molecule has 0 unspecified atom stereocenters. The van der Waals surface area contributed by atoms with Gasteiger partial charge in [0.2, 0.25) is 23.8 Å². The van der Waals surface area contributed by atoms with Crippen molar-refractivity contribution in [3.8, 4) is 69.6 Å². The summed E-state index contributed by atoms with van der Waals surface area (Å²) in [5.74, 6) is 6.04. The molecular weight excluding hydrogens is 1430 g/mol. The Balaban J connectivity index is 0.000000106. The van der Waals surface area contributed by atoms with Crippen molar-refractivity contribution in [3.63, 3.8) is 0 Å². The van der Waals surface area contributed by atoms with E-state index in [0.717, 1.165) is 100 Å². The first kappa shape index (κ1) is 68.0. The van der Waals surface area contributed by atoms with Crippen LogP contribution in [-0.4, -0.2) is 67.3 Å². The second-order valence-electron chi connectivity index (χ2n) is 29.7. The Bertz CT molecular complexity index is 7060. The molecule has 0 aliphatic carbocycles. The van der Waals surface area contributed by atoms with Gasteiger partial charge < -0.3 is 0 Å². The molecule has 0 saturated heterocycles. The fraction of sp³-hybridized carbons (Fsp3) is 0.0291. The average Bonchev–Trinajstić information content (AvgIpc) is 1.59. The Morgan fingerprint density at radius 1 is 0.154 bits per heavy atom. The van der Waals surface area contributed by atoms with Crippen molar-refractivity contribution >= 4 is 131 Å². The van der Waals surface area contributed by atoms with Gasteiger partial charge in [0.15, 0.2) is 17.5 Å². The normalized spacial score (nSPS) is 11.7. The molecule has 117 heavy (non-hydrogen) atoms. The molecule has 0 fully saturated rings. The van der Waals surface area contributed by atoms with E-state index >= 15 is 0 Å². The van der Waals surface area contributed by atoms with E-state index < -0.39 is 0 Å². The third kappa shape index (κ3) is 11.5. The molecule has 0 amide bonds. The highest BCUT2D eigenvalue weighted by atomic mass is 15.3. The predicted molar refractivity (Wildman–Crippen MR) is 478 cm³/mol. The number of aromatic nitrogens is 14. The number of rotatable bonds is 9. The van der Waals surface area contributed by atoms with E-state index in [1.54, 1.807) is 0 Å². The molecule has 14 heteroatoms. The summed E-state index contributed by atoms with van der Waals surface area (Å²) in [7, 11) is 0. The van der Waals surface area contributed by atoms with Crippen LogP contribution in [-0.2, 0) is 0 Å². The smallest absolute Gasteiger partial charge is 0.240 e. The molecule has 24 rings (SSSR count). The zero-order chi connectivity index (χ0) is 77.8. The van der Waals surface area contributed by atoms with E-state index in [0.29, 0.717) is 41.3 Å². The monoisotopic (exact) mass is 1500 g/mol.